The first-order valence-corrected chi connectivity index (χ1v) is 11.6. The fourth-order valence-electron chi connectivity index (χ4n) is 4.52. The molecule has 1 aliphatic heterocycles. The molecule has 0 amide bonds. The van der Waals surface area contributed by atoms with Gasteiger partial charge in [0.1, 0.15) is 0 Å². The molecule has 0 spiro atoms. The SMILES string of the molecule is Cc1nc2ccccc2c(Nc2ccc(Nc3ccccc3)cc2)c1CN1CCCCC1. The summed E-state index contributed by atoms with van der Waals surface area (Å²) in [6.07, 6.45) is 3.93. The lowest BCUT2D eigenvalue weighted by Gasteiger charge is -2.28. The van der Waals surface area contributed by atoms with Crippen molar-refractivity contribution < 1.29 is 0 Å². The van der Waals surface area contributed by atoms with Gasteiger partial charge in [-0.2, -0.15) is 0 Å². The van der Waals surface area contributed by atoms with Gasteiger partial charge in [0.05, 0.1) is 11.2 Å². The van der Waals surface area contributed by atoms with E-state index < -0.39 is 0 Å². The fourth-order valence-corrected chi connectivity index (χ4v) is 4.52. The number of hydrogen-bond donors (Lipinski definition) is 2. The van der Waals surface area contributed by atoms with Gasteiger partial charge < -0.3 is 10.6 Å². The maximum Gasteiger partial charge on any atom is 0.0726 e. The highest BCUT2D eigenvalue weighted by Crippen LogP contribution is 2.33. The molecule has 4 nitrogen and oxygen atoms in total. The summed E-state index contributed by atoms with van der Waals surface area (Å²) in [5.74, 6) is 0. The summed E-state index contributed by atoms with van der Waals surface area (Å²) < 4.78 is 0. The van der Waals surface area contributed by atoms with Crippen molar-refractivity contribution in [3.63, 3.8) is 0 Å². The lowest BCUT2D eigenvalue weighted by molar-refractivity contribution is 0.220. The van der Waals surface area contributed by atoms with Gasteiger partial charge in [-0.1, -0.05) is 42.8 Å². The summed E-state index contributed by atoms with van der Waals surface area (Å²) in [5, 5.41) is 8.37. The minimum Gasteiger partial charge on any atom is -0.356 e. The summed E-state index contributed by atoms with van der Waals surface area (Å²) in [4.78, 5) is 7.50. The number of pyridine rings is 1. The number of nitrogens with zero attached hydrogens (tertiary/aromatic N) is 2. The highest BCUT2D eigenvalue weighted by Gasteiger charge is 2.18. The molecular formula is C28H30N4. The number of anilines is 4. The molecule has 1 saturated heterocycles. The third-order valence-electron chi connectivity index (χ3n) is 6.25. The highest BCUT2D eigenvalue weighted by atomic mass is 15.1. The summed E-state index contributed by atoms with van der Waals surface area (Å²) in [7, 11) is 0. The van der Waals surface area contributed by atoms with Gasteiger partial charge in [0, 0.05) is 40.3 Å². The molecule has 0 radical (unpaired) electrons. The van der Waals surface area contributed by atoms with Crippen LogP contribution in [-0.4, -0.2) is 23.0 Å². The summed E-state index contributed by atoms with van der Waals surface area (Å²) in [6.45, 7) is 5.43. The molecule has 2 N–H and O–H groups in total. The van der Waals surface area contributed by atoms with Crippen LogP contribution in [0.25, 0.3) is 10.9 Å². The zero-order valence-corrected chi connectivity index (χ0v) is 18.6. The number of nitrogens with one attached hydrogen (secondary N) is 2. The van der Waals surface area contributed by atoms with Crippen LogP contribution < -0.4 is 10.6 Å². The van der Waals surface area contributed by atoms with E-state index in [9.17, 15) is 0 Å². The second-order valence-electron chi connectivity index (χ2n) is 8.60. The summed E-state index contributed by atoms with van der Waals surface area (Å²) in [6, 6.07) is 27.2. The number of benzene rings is 3. The minimum absolute atomic E-state index is 0.944. The molecule has 0 atom stereocenters. The third-order valence-corrected chi connectivity index (χ3v) is 6.25. The van der Waals surface area contributed by atoms with Crippen LogP contribution in [0.2, 0.25) is 0 Å². The maximum atomic E-state index is 4.93. The van der Waals surface area contributed by atoms with Crippen LogP contribution in [-0.2, 0) is 6.54 Å². The smallest absolute Gasteiger partial charge is 0.0726 e. The first kappa shape index (κ1) is 20.5. The number of aromatic nitrogens is 1. The monoisotopic (exact) mass is 422 g/mol. The van der Waals surface area contributed by atoms with Gasteiger partial charge in [0.2, 0.25) is 0 Å². The first-order valence-electron chi connectivity index (χ1n) is 11.6. The number of fused-ring (bicyclic) bond motifs is 1. The van der Waals surface area contributed by atoms with Gasteiger partial charge in [0.25, 0.3) is 0 Å². The lowest BCUT2D eigenvalue weighted by Crippen LogP contribution is -2.29. The van der Waals surface area contributed by atoms with Gasteiger partial charge in [0.15, 0.2) is 0 Å². The predicted molar refractivity (Wildman–Crippen MR) is 135 cm³/mol. The number of piperidine rings is 1. The molecule has 2 heterocycles. The summed E-state index contributed by atoms with van der Waals surface area (Å²) >= 11 is 0. The topological polar surface area (TPSA) is 40.2 Å². The van der Waals surface area contributed by atoms with Crippen LogP contribution in [0, 0.1) is 6.92 Å². The maximum absolute atomic E-state index is 4.93. The van der Waals surface area contributed by atoms with E-state index in [0.717, 1.165) is 34.8 Å². The molecule has 0 aliphatic carbocycles. The lowest BCUT2D eigenvalue weighted by atomic mass is 10.0. The predicted octanol–water partition coefficient (Wildman–Crippen LogP) is 7.02. The van der Waals surface area contributed by atoms with Crippen molar-refractivity contribution in [2.75, 3.05) is 23.7 Å². The Hall–Kier alpha value is -3.37. The van der Waals surface area contributed by atoms with Crippen molar-refractivity contribution in [2.24, 2.45) is 0 Å². The Bertz CT molecular complexity index is 1180. The van der Waals surface area contributed by atoms with Gasteiger partial charge in [-0.05, 0) is 75.3 Å². The van der Waals surface area contributed by atoms with E-state index >= 15 is 0 Å². The minimum atomic E-state index is 0.944. The van der Waals surface area contributed by atoms with E-state index in [1.165, 1.54) is 49.0 Å². The fraction of sp³-hybridized carbons (Fsp3) is 0.250. The largest absolute Gasteiger partial charge is 0.356 e. The molecule has 162 valence electrons. The standard InChI is InChI=1S/C28H30N4/c1-21-26(20-32-18-8-3-9-19-32)28(25-12-6-7-13-27(25)29-21)31-24-16-14-23(15-17-24)30-22-10-4-2-5-11-22/h2,4-7,10-17,30H,3,8-9,18-20H2,1H3,(H,29,31). The van der Waals surface area contributed by atoms with E-state index in [-0.39, 0.29) is 0 Å². The van der Waals surface area contributed by atoms with E-state index in [1.54, 1.807) is 0 Å². The molecule has 1 aliphatic rings. The molecule has 5 rings (SSSR count). The Morgan fingerprint density at radius 1 is 0.719 bits per heavy atom. The van der Waals surface area contributed by atoms with Crippen LogP contribution >= 0.6 is 0 Å². The number of para-hydroxylation sites is 2. The van der Waals surface area contributed by atoms with Crippen molar-refractivity contribution in [3.8, 4) is 0 Å². The van der Waals surface area contributed by atoms with Crippen LogP contribution in [0.1, 0.15) is 30.5 Å². The quantitative estimate of drug-likeness (QED) is 0.350. The van der Waals surface area contributed by atoms with Crippen molar-refractivity contribution in [1.82, 2.24) is 9.88 Å². The third kappa shape index (κ3) is 4.61. The van der Waals surface area contributed by atoms with Crippen molar-refractivity contribution in [2.45, 2.75) is 32.7 Å². The van der Waals surface area contributed by atoms with Gasteiger partial charge in [-0.25, -0.2) is 0 Å². The van der Waals surface area contributed by atoms with Crippen molar-refractivity contribution in [1.29, 1.82) is 0 Å². The van der Waals surface area contributed by atoms with E-state index in [0.29, 0.717) is 0 Å². The molecule has 3 aromatic carbocycles. The Morgan fingerprint density at radius 2 is 1.34 bits per heavy atom. The molecule has 32 heavy (non-hydrogen) atoms. The number of aryl methyl sites for hydroxylation is 1. The summed E-state index contributed by atoms with van der Waals surface area (Å²) in [5.41, 5.74) is 7.88. The Balaban J connectivity index is 1.45. The van der Waals surface area contributed by atoms with Crippen molar-refractivity contribution >= 4 is 33.7 Å². The molecular weight excluding hydrogens is 392 g/mol. The van der Waals surface area contributed by atoms with Gasteiger partial charge in [-0.15, -0.1) is 0 Å². The molecule has 4 heteroatoms. The average Bonchev–Trinajstić information content (AvgIpc) is 2.84. The molecule has 0 unspecified atom stereocenters. The second-order valence-corrected chi connectivity index (χ2v) is 8.60. The molecule has 4 aromatic rings. The van der Waals surface area contributed by atoms with E-state index in [4.69, 9.17) is 4.98 Å². The molecule has 1 fully saturated rings. The van der Waals surface area contributed by atoms with Crippen molar-refractivity contribution in [3.05, 3.63) is 90.1 Å². The first-order chi connectivity index (χ1) is 15.8. The van der Waals surface area contributed by atoms with Crippen LogP contribution in [0.5, 0.6) is 0 Å². The highest BCUT2D eigenvalue weighted by molar-refractivity contribution is 5.95. The van der Waals surface area contributed by atoms with Crippen LogP contribution in [0.15, 0.2) is 78.9 Å². The Labute approximate surface area is 190 Å². The zero-order chi connectivity index (χ0) is 21.8. The van der Waals surface area contributed by atoms with Gasteiger partial charge in [-0.3, -0.25) is 9.88 Å². The number of rotatable bonds is 6. The molecule has 1 aromatic heterocycles. The average molecular weight is 423 g/mol. The second kappa shape index (κ2) is 9.41. The zero-order valence-electron chi connectivity index (χ0n) is 18.6. The molecule has 0 saturated carbocycles. The van der Waals surface area contributed by atoms with E-state index in [1.807, 2.05) is 18.2 Å². The molecule has 0 bridgehead atoms. The van der Waals surface area contributed by atoms with E-state index in [2.05, 4.69) is 83.1 Å². The number of likely N-dealkylation sites (tertiary alicyclic amines) is 1. The van der Waals surface area contributed by atoms with Gasteiger partial charge >= 0.3 is 0 Å². The normalized spacial score (nSPS) is 14.4. The Kier molecular flexibility index (Phi) is 6.04. The number of hydrogen-bond acceptors (Lipinski definition) is 4. The van der Waals surface area contributed by atoms with Crippen LogP contribution in [0.4, 0.5) is 22.7 Å². The Morgan fingerprint density at radius 3 is 2.09 bits per heavy atom. The van der Waals surface area contributed by atoms with Crippen LogP contribution in [0.3, 0.4) is 0 Å².